The summed E-state index contributed by atoms with van der Waals surface area (Å²) < 4.78 is 2.18. The van der Waals surface area contributed by atoms with Gasteiger partial charge in [-0.3, -0.25) is 4.40 Å². The molecule has 0 aromatic carbocycles. The molecule has 0 saturated carbocycles. The molecule has 0 aliphatic carbocycles. The Balaban J connectivity index is 2.34. The molecular weight excluding hydrogens is 242 g/mol. The standard InChI is InChI=1S/C14H15N3S/c1-8-5-9(2)17-12(7-15-13(17)6-8)14-10(3)18-11(4)16-14/h5-7H,1-4H3. The maximum absolute atomic E-state index is 4.62. The first-order chi connectivity index (χ1) is 8.56. The van der Waals surface area contributed by atoms with Crippen LogP contribution in [-0.4, -0.2) is 14.4 Å². The van der Waals surface area contributed by atoms with Crippen molar-refractivity contribution in [1.29, 1.82) is 0 Å². The van der Waals surface area contributed by atoms with E-state index < -0.39 is 0 Å². The van der Waals surface area contributed by atoms with Crippen LogP contribution >= 0.6 is 11.3 Å². The first kappa shape index (κ1) is 11.4. The van der Waals surface area contributed by atoms with Gasteiger partial charge in [0.05, 0.1) is 16.9 Å². The number of aryl methyl sites for hydroxylation is 4. The minimum Gasteiger partial charge on any atom is -0.295 e. The molecule has 3 heterocycles. The number of hydrogen-bond acceptors (Lipinski definition) is 3. The minimum absolute atomic E-state index is 0.993. The summed E-state index contributed by atoms with van der Waals surface area (Å²) in [5, 5.41) is 1.10. The number of nitrogens with zero attached hydrogens (tertiary/aromatic N) is 3. The van der Waals surface area contributed by atoms with Crippen molar-refractivity contribution in [3.63, 3.8) is 0 Å². The van der Waals surface area contributed by atoms with Gasteiger partial charge in [0, 0.05) is 10.6 Å². The van der Waals surface area contributed by atoms with Crippen molar-refractivity contribution >= 4 is 17.0 Å². The lowest BCUT2D eigenvalue weighted by Gasteiger charge is -2.05. The number of aromatic nitrogens is 3. The molecule has 3 rings (SSSR count). The quantitative estimate of drug-likeness (QED) is 0.665. The highest BCUT2D eigenvalue weighted by molar-refractivity contribution is 7.11. The number of rotatable bonds is 1. The third-order valence-electron chi connectivity index (χ3n) is 3.08. The van der Waals surface area contributed by atoms with Gasteiger partial charge in [0.2, 0.25) is 0 Å². The van der Waals surface area contributed by atoms with Gasteiger partial charge in [-0.1, -0.05) is 0 Å². The summed E-state index contributed by atoms with van der Waals surface area (Å²) in [5.74, 6) is 0. The molecule has 18 heavy (non-hydrogen) atoms. The summed E-state index contributed by atoms with van der Waals surface area (Å²) in [6.45, 7) is 8.36. The van der Waals surface area contributed by atoms with Crippen LogP contribution in [-0.2, 0) is 0 Å². The fourth-order valence-electron chi connectivity index (χ4n) is 2.41. The molecule has 0 bridgehead atoms. The largest absolute Gasteiger partial charge is 0.295 e. The van der Waals surface area contributed by atoms with E-state index in [4.69, 9.17) is 0 Å². The Hall–Kier alpha value is -1.68. The lowest BCUT2D eigenvalue weighted by molar-refractivity contribution is 1.07. The molecule has 0 aliphatic heterocycles. The molecule has 0 spiro atoms. The summed E-state index contributed by atoms with van der Waals surface area (Å²) in [6, 6.07) is 4.28. The van der Waals surface area contributed by atoms with E-state index in [-0.39, 0.29) is 0 Å². The van der Waals surface area contributed by atoms with Crippen LogP contribution in [0.2, 0.25) is 0 Å². The number of hydrogen-bond donors (Lipinski definition) is 0. The molecule has 3 aromatic heterocycles. The van der Waals surface area contributed by atoms with E-state index in [9.17, 15) is 0 Å². The zero-order valence-corrected chi connectivity index (χ0v) is 11.8. The molecule has 0 N–H and O–H groups in total. The number of thiazole rings is 1. The second kappa shape index (κ2) is 3.92. The highest BCUT2D eigenvalue weighted by atomic mass is 32.1. The van der Waals surface area contributed by atoms with Crippen molar-refractivity contribution < 1.29 is 0 Å². The molecule has 0 amide bonds. The van der Waals surface area contributed by atoms with Crippen molar-refractivity contribution in [1.82, 2.24) is 14.4 Å². The van der Waals surface area contributed by atoms with Gasteiger partial charge in [-0.25, -0.2) is 9.97 Å². The number of fused-ring (bicyclic) bond motifs is 1. The molecule has 0 saturated heterocycles. The Kier molecular flexibility index (Phi) is 2.48. The fraction of sp³-hybridized carbons (Fsp3) is 0.286. The highest BCUT2D eigenvalue weighted by Crippen LogP contribution is 2.28. The summed E-state index contributed by atoms with van der Waals surface area (Å²) in [5.41, 5.74) is 5.57. The van der Waals surface area contributed by atoms with Gasteiger partial charge in [0.25, 0.3) is 0 Å². The Bertz CT molecular complexity index is 737. The summed E-state index contributed by atoms with van der Waals surface area (Å²) >= 11 is 1.73. The first-order valence-corrected chi connectivity index (χ1v) is 6.77. The van der Waals surface area contributed by atoms with E-state index in [2.05, 4.69) is 47.3 Å². The summed E-state index contributed by atoms with van der Waals surface area (Å²) in [4.78, 5) is 10.4. The van der Waals surface area contributed by atoms with Gasteiger partial charge in [-0.15, -0.1) is 11.3 Å². The van der Waals surface area contributed by atoms with E-state index in [1.54, 1.807) is 11.3 Å². The molecule has 0 radical (unpaired) electrons. The molecule has 3 aromatic rings. The fourth-order valence-corrected chi connectivity index (χ4v) is 3.24. The van der Waals surface area contributed by atoms with Gasteiger partial charge in [0.1, 0.15) is 11.3 Å². The molecule has 0 aliphatic rings. The topological polar surface area (TPSA) is 30.2 Å². The van der Waals surface area contributed by atoms with Crippen LogP contribution in [0, 0.1) is 27.7 Å². The number of pyridine rings is 1. The third kappa shape index (κ3) is 1.64. The normalized spacial score (nSPS) is 11.3. The second-order valence-electron chi connectivity index (χ2n) is 4.65. The van der Waals surface area contributed by atoms with Gasteiger partial charge in [-0.05, 0) is 45.4 Å². The second-order valence-corrected chi connectivity index (χ2v) is 6.06. The molecule has 0 fully saturated rings. The van der Waals surface area contributed by atoms with Crippen molar-refractivity contribution in [3.8, 4) is 11.4 Å². The summed E-state index contributed by atoms with van der Waals surface area (Å²) in [6.07, 6.45) is 1.92. The minimum atomic E-state index is 0.993. The maximum atomic E-state index is 4.62. The molecule has 92 valence electrons. The summed E-state index contributed by atoms with van der Waals surface area (Å²) in [7, 11) is 0. The van der Waals surface area contributed by atoms with Crippen LogP contribution in [0.5, 0.6) is 0 Å². The average Bonchev–Trinajstić information content (AvgIpc) is 2.81. The Morgan fingerprint density at radius 2 is 1.89 bits per heavy atom. The van der Waals surface area contributed by atoms with E-state index in [0.717, 1.165) is 22.0 Å². The zero-order valence-electron chi connectivity index (χ0n) is 11.0. The van der Waals surface area contributed by atoms with Crippen LogP contribution in [0.4, 0.5) is 0 Å². The Labute approximate surface area is 110 Å². The van der Waals surface area contributed by atoms with Crippen LogP contribution in [0.15, 0.2) is 18.3 Å². The van der Waals surface area contributed by atoms with Crippen LogP contribution < -0.4 is 0 Å². The van der Waals surface area contributed by atoms with E-state index in [1.807, 2.05) is 13.1 Å². The lowest BCUT2D eigenvalue weighted by Crippen LogP contribution is -1.95. The molecule has 3 nitrogen and oxygen atoms in total. The van der Waals surface area contributed by atoms with E-state index >= 15 is 0 Å². The van der Waals surface area contributed by atoms with Crippen LogP contribution in [0.3, 0.4) is 0 Å². The Morgan fingerprint density at radius 3 is 2.56 bits per heavy atom. The average molecular weight is 257 g/mol. The lowest BCUT2D eigenvalue weighted by atomic mass is 10.2. The predicted molar refractivity (Wildman–Crippen MR) is 75.2 cm³/mol. The number of imidazole rings is 1. The van der Waals surface area contributed by atoms with Gasteiger partial charge in [0.15, 0.2) is 0 Å². The van der Waals surface area contributed by atoms with Crippen LogP contribution in [0.1, 0.15) is 21.1 Å². The molecule has 0 unspecified atom stereocenters. The van der Waals surface area contributed by atoms with Gasteiger partial charge in [-0.2, -0.15) is 0 Å². The highest BCUT2D eigenvalue weighted by Gasteiger charge is 2.13. The van der Waals surface area contributed by atoms with Crippen molar-refractivity contribution in [2.45, 2.75) is 27.7 Å². The van der Waals surface area contributed by atoms with Crippen molar-refractivity contribution in [3.05, 3.63) is 39.5 Å². The predicted octanol–water partition coefficient (Wildman–Crippen LogP) is 3.69. The SMILES string of the molecule is Cc1cc(C)n2c(-c3nc(C)sc3C)cnc2c1. The van der Waals surface area contributed by atoms with Crippen molar-refractivity contribution in [2.24, 2.45) is 0 Å². The first-order valence-electron chi connectivity index (χ1n) is 5.95. The Morgan fingerprint density at radius 1 is 1.11 bits per heavy atom. The van der Waals surface area contributed by atoms with E-state index in [0.29, 0.717) is 0 Å². The van der Waals surface area contributed by atoms with Crippen LogP contribution in [0.25, 0.3) is 17.0 Å². The monoisotopic (exact) mass is 257 g/mol. The molecular formula is C14H15N3S. The molecule has 0 atom stereocenters. The van der Waals surface area contributed by atoms with E-state index in [1.165, 1.54) is 16.1 Å². The smallest absolute Gasteiger partial charge is 0.137 e. The zero-order chi connectivity index (χ0) is 12.9. The maximum Gasteiger partial charge on any atom is 0.137 e. The van der Waals surface area contributed by atoms with Gasteiger partial charge < -0.3 is 0 Å². The van der Waals surface area contributed by atoms with Gasteiger partial charge >= 0.3 is 0 Å². The third-order valence-corrected chi connectivity index (χ3v) is 3.97. The van der Waals surface area contributed by atoms with Crippen molar-refractivity contribution in [2.75, 3.05) is 0 Å². The molecule has 4 heteroatoms.